The lowest BCUT2D eigenvalue weighted by Gasteiger charge is -2.17. The summed E-state index contributed by atoms with van der Waals surface area (Å²) in [5.41, 5.74) is 1.41. The van der Waals surface area contributed by atoms with E-state index in [0.717, 1.165) is 18.3 Å². The predicted molar refractivity (Wildman–Crippen MR) is 61.9 cm³/mol. The van der Waals surface area contributed by atoms with Crippen molar-refractivity contribution in [3.05, 3.63) is 12.2 Å². The summed E-state index contributed by atoms with van der Waals surface area (Å²) in [5, 5.41) is 0. The molecule has 0 amide bonds. The van der Waals surface area contributed by atoms with Gasteiger partial charge in [-0.2, -0.15) is 0 Å². The third-order valence-corrected chi connectivity index (χ3v) is 2.72. The molecule has 0 heterocycles. The van der Waals surface area contributed by atoms with Crippen LogP contribution in [0.25, 0.3) is 0 Å². The summed E-state index contributed by atoms with van der Waals surface area (Å²) in [4.78, 5) is 0. The van der Waals surface area contributed by atoms with Gasteiger partial charge in [0, 0.05) is 0 Å². The minimum atomic E-state index is 0.828. The fourth-order valence-electron chi connectivity index (χ4n) is 2.02. The van der Waals surface area contributed by atoms with E-state index in [1.54, 1.807) is 0 Å². The highest BCUT2D eigenvalue weighted by atomic mass is 14.1. The molecule has 0 radical (unpaired) electrons. The van der Waals surface area contributed by atoms with E-state index in [1.165, 1.54) is 31.3 Å². The van der Waals surface area contributed by atoms with Crippen LogP contribution >= 0.6 is 0 Å². The average Bonchev–Trinajstić information content (AvgIpc) is 2.04. The highest BCUT2D eigenvalue weighted by molar-refractivity contribution is 4.93. The van der Waals surface area contributed by atoms with Crippen molar-refractivity contribution in [3.8, 4) is 0 Å². The van der Waals surface area contributed by atoms with E-state index in [0.29, 0.717) is 0 Å². The molecule has 78 valence electrons. The average molecular weight is 182 g/mol. The Morgan fingerprint density at radius 1 is 1.15 bits per heavy atom. The van der Waals surface area contributed by atoms with Crippen LogP contribution in [0, 0.1) is 11.8 Å². The third kappa shape index (κ3) is 6.86. The Morgan fingerprint density at radius 2 is 1.77 bits per heavy atom. The topological polar surface area (TPSA) is 0 Å². The van der Waals surface area contributed by atoms with Gasteiger partial charge in [0.1, 0.15) is 0 Å². The van der Waals surface area contributed by atoms with Crippen LogP contribution in [-0.2, 0) is 0 Å². The summed E-state index contributed by atoms with van der Waals surface area (Å²) in [5.74, 6) is 1.72. The van der Waals surface area contributed by atoms with Gasteiger partial charge in [0.25, 0.3) is 0 Å². The molecule has 0 N–H and O–H groups in total. The molecule has 0 aliphatic heterocycles. The van der Waals surface area contributed by atoms with Gasteiger partial charge in [0.05, 0.1) is 0 Å². The SMILES string of the molecule is C=C(CC)CC(C)CC(C)CCC. The summed E-state index contributed by atoms with van der Waals surface area (Å²) >= 11 is 0. The fourth-order valence-corrected chi connectivity index (χ4v) is 2.02. The molecule has 0 saturated carbocycles. The van der Waals surface area contributed by atoms with Gasteiger partial charge in [-0.25, -0.2) is 0 Å². The number of rotatable bonds is 7. The largest absolute Gasteiger partial charge is 0.0999 e. The van der Waals surface area contributed by atoms with E-state index in [4.69, 9.17) is 0 Å². The molecule has 13 heavy (non-hydrogen) atoms. The minimum absolute atomic E-state index is 0.828. The molecule has 0 spiro atoms. The summed E-state index contributed by atoms with van der Waals surface area (Å²) in [6.07, 6.45) is 6.44. The van der Waals surface area contributed by atoms with Gasteiger partial charge in [0.15, 0.2) is 0 Å². The van der Waals surface area contributed by atoms with Gasteiger partial charge in [0.2, 0.25) is 0 Å². The highest BCUT2D eigenvalue weighted by Crippen LogP contribution is 2.22. The lowest BCUT2D eigenvalue weighted by atomic mass is 9.89. The fraction of sp³-hybridized carbons (Fsp3) is 0.846. The Hall–Kier alpha value is -0.260. The molecule has 0 aliphatic rings. The number of hydrogen-bond acceptors (Lipinski definition) is 0. The molecule has 0 heteroatoms. The van der Waals surface area contributed by atoms with Gasteiger partial charge in [-0.1, -0.05) is 52.7 Å². The molecule has 0 aromatic heterocycles. The van der Waals surface area contributed by atoms with Crippen molar-refractivity contribution in [2.75, 3.05) is 0 Å². The minimum Gasteiger partial charge on any atom is -0.0999 e. The van der Waals surface area contributed by atoms with Crippen LogP contribution in [-0.4, -0.2) is 0 Å². The standard InChI is InChI=1S/C13H26/c1-6-8-12(4)10-13(5)9-11(3)7-2/h12-13H,3,6-10H2,1-2,4-5H3. The molecule has 0 bridgehead atoms. The lowest BCUT2D eigenvalue weighted by molar-refractivity contribution is 0.388. The van der Waals surface area contributed by atoms with E-state index < -0.39 is 0 Å². The summed E-state index contributed by atoms with van der Waals surface area (Å²) < 4.78 is 0. The van der Waals surface area contributed by atoms with Gasteiger partial charge >= 0.3 is 0 Å². The van der Waals surface area contributed by atoms with Crippen LogP contribution < -0.4 is 0 Å². The maximum Gasteiger partial charge on any atom is -0.0297 e. The molecule has 0 aliphatic carbocycles. The number of hydrogen-bond donors (Lipinski definition) is 0. The molecule has 0 aromatic rings. The molecule has 2 atom stereocenters. The monoisotopic (exact) mass is 182 g/mol. The predicted octanol–water partition coefficient (Wildman–Crippen LogP) is 4.81. The van der Waals surface area contributed by atoms with Crippen LogP contribution in [0.1, 0.15) is 59.8 Å². The van der Waals surface area contributed by atoms with Crippen molar-refractivity contribution >= 4 is 0 Å². The van der Waals surface area contributed by atoms with E-state index in [9.17, 15) is 0 Å². The first kappa shape index (κ1) is 12.7. The van der Waals surface area contributed by atoms with Gasteiger partial charge < -0.3 is 0 Å². The zero-order chi connectivity index (χ0) is 10.3. The van der Waals surface area contributed by atoms with Crippen LogP contribution in [0.2, 0.25) is 0 Å². The van der Waals surface area contributed by atoms with Crippen molar-refractivity contribution in [1.82, 2.24) is 0 Å². The van der Waals surface area contributed by atoms with Gasteiger partial charge in [-0.05, 0) is 31.1 Å². The smallest absolute Gasteiger partial charge is 0.0297 e. The maximum atomic E-state index is 4.07. The maximum absolute atomic E-state index is 4.07. The van der Waals surface area contributed by atoms with Gasteiger partial charge in [-0.3, -0.25) is 0 Å². The number of allylic oxidation sites excluding steroid dienone is 1. The Morgan fingerprint density at radius 3 is 2.23 bits per heavy atom. The third-order valence-electron chi connectivity index (χ3n) is 2.72. The van der Waals surface area contributed by atoms with Crippen LogP contribution in [0.15, 0.2) is 12.2 Å². The van der Waals surface area contributed by atoms with Crippen molar-refractivity contribution in [3.63, 3.8) is 0 Å². The van der Waals surface area contributed by atoms with Crippen molar-refractivity contribution in [1.29, 1.82) is 0 Å². The van der Waals surface area contributed by atoms with Crippen LogP contribution in [0.5, 0.6) is 0 Å². The summed E-state index contributed by atoms with van der Waals surface area (Å²) in [6.45, 7) is 13.3. The van der Waals surface area contributed by atoms with E-state index in [-0.39, 0.29) is 0 Å². The first-order chi connectivity index (χ1) is 6.10. The first-order valence-electron chi connectivity index (χ1n) is 5.76. The molecule has 0 fully saturated rings. The highest BCUT2D eigenvalue weighted by Gasteiger charge is 2.08. The Balaban J connectivity index is 3.60. The summed E-state index contributed by atoms with van der Waals surface area (Å²) in [6, 6.07) is 0. The van der Waals surface area contributed by atoms with E-state index in [2.05, 4.69) is 34.3 Å². The Bertz CT molecular complexity index is 135. The molecule has 0 saturated heterocycles. The second-order valence-corrected chi connectivity index (χ2v) is 4.54. The van der Waals surface area contributed by atoms with Crippen LogP contribution in [0.3, 0.4) is 0 Å². The first-order valence-corrected chi connectivity index (χ1v) is 5.76. The van der Waals surface area contributed by atoms with E-state index >= 15 is 0 Å². The zero-order valence-electron chi connectivity index (χ0n) is 9.90. The lowest BCUT2D eigenvalue weighted by Crippen LogP contribution is -2.03. The van der Waals surface area contributed by atoms with Crippen LogP contribution in [0.4, 0.5) is 0 Å². The Kier molecular flexibility index (Phi) is 7.03. The molecular weight excluding hydrogens is 156 g/mol. The van der Waals surface area contributed by atoms with Gasteiger partial charge in [-0.15, -0.1) is 0 Å². The quantitative estimate of drug-likeness (QED) is 0.496. The summed E-state index contributed by atoms with van der Waals surface area (Å²) in [7, 11) is 0. The van der Waals surface area contributed by atoms with Crippen molar-refractivity contribution in [2.24, 2.45) is 11.8 Å². The Labute approximate surface area is 84.4 Å². The normalized spacial score (nSPS) is 15.4. The molecule has 0 aromatic carbocycles. The second-order valence-electron chi connectivity index (χ2n) is 4.54. The van der Waals surface area contributed by atoms with E-state index in [1.807, 2.05) is 0 Å². The molecule has 0 nitrogen and oxygen atoms in total. The second kappa shape index (κ2) is 7.17. The zero-order valence-corrected chi connectivity index (χ0v) is 9.90. The molecular formula is C13H26. The van der Waals surface area contributed by atoms with Crippen molar-refractivity contribution in [2.45, 2.75) is 59.8 Å². The molecule has 0 rings (SSSR count). The van der Waals surface area contributed by atoms with Crippen molar-refractivity contribution < 1.29 is 0 Å². The molecule has 2 unspecified atom stereocenters.